The summed E-state index contributed by atoms with van der Waals surface area (Å²) in [6.45, 7) is -0.499. The zero-order chi connectivity index (χ0) is 17.4. The van der Waals surface area contributed by atoms with Gasteiger partial charge < -0.3 is 14.6 Å². The Morgan fingerprint density at radius 2 is 2.22 bits per heavy atom. The van der Waals surface area contributed by atoms with Crippen molar-refractivity contribution >= 4 is 80.2 Å². The van der Waals surface area contributed by atoms with Gasteiger partial charge in [-0.3, -0.25) is 14.5 Å². The van der Waals surface area contributed by atoms with Crippen LogP contribution in [-0.4, -0.2) is 60.6 Å². The molecule has 1 N–H and O–H groups in total. The summed E-state index contributed by atoms with van der Waals surface area (Å²) in [6.07, 6.45) is 0.349. The molecule has 2 aliphatic heterocycles. The second-order valence-corrected chi connectivity index (χ2v) is 9.27. The molecule has 0 aromatic rings. The smallest absolute Gasteiger partial charge is 0.355 e. The van der Waals surface area contributed by atoms with E-state index in [4.69, 9.17) is 39.5 Å². The Balaban J connectivity index is 2.26. The van der Waals surface area contributed by atoms with E-state index in [0.29, 0.717) is 12.0 Å². The number of alkyl halides is 4. The third kappa shape index (κ3) is 3.91. The van der Waals surface area contributed by atoms with Crippen LogP contribution in [0.15, 0.2) is 11.3 Å². The lowest BCUT2D eigenvalue weighted by Gasteiger charge is -2.48. The van der Waals surface area contributed by atoms with Crippen molar-refractivity contribution < 1.29 is 23.7 Å². The van der Waals surface area contributed by atoms with Gasteiger partial charge in [0.15, 0.2) is 6.04 Å². The minimum atomic E-state index is -1.79. The summed E-state index contributed by atoms with van der Waals surface area (Å²) < 4.78 is 15.4. The van der Waals surface area contributed by atoms with E-state index in [-0.39, 0.29) is 16.8 Å². The van der Waals surface area contributed by atoms with E-state index >= 15 is 0 Å². The third-order valence-corrected chi connectivity index (χ3v) is 5.83. The maximum Gasteiger partial charge on any atom is 0.355 e. The zero-order valence-corrected chi connectivity index (χ0v) is 15.9. The van der Waals surface area contributed by atoms with Crippen LogP contribution in [0.1, 0.15) is 0 Å². The summed E-state index contributed by atoms with van der Waals surface area (Å²) in [6, 6.07) is -0.929. The number of nitrogens with one attached hydrogen (secondary N) is 1. The van der Waals surface area contributed by atoms with Crippen LogP contribution in [0, 0.1) is 0 Å². The topological polar surface area (TPSA) is 98.8 Å². The minimum Gasteiger partial charge on any atom is -0.614 e. The quantitative estimate of drug-likeness (QED) is 0.209. The summed E-state index contributed by atoms with van der Waals surface area (Å²) in [4.78, 5) is 36.0. The number of amides is 2. The van der Waals surface area contributed by atoms with E-state index in [1.807, 2.05) is 0 Å². The van der Waals surface area contributed by atoms with Gasteiger partial charge >= 0.3 is 5.97 Å². The fraction of sp³-hybridized carbons (Fsp3) is 0.545. The molecule has 128 valence electrons. The maximum absolute atomic E-state index is 12.3. The Morgan fingerprint density at radius 3 is 2.74 bits per heavy atom. The number of ether oxygens (including phenoxy) is 1. The van der Waals surface area contributed by atoms with Gasteiger partial charge in [-0.05, 0) is 11.2 Å². The van der Waals surface area contributed by atoms with Gasteiger partial charge in [-0.15, -0.1) is 0 Å². The number of hydrogen-bond acceptors (Lipinski definition) is 5. The fourth-order valence-electron chi connectivity index (χ4n) is 2.25. The van der Waals surface area contributed by atoms with Gasteiger partial charge in [0.05, 0.1) is 0 Å². The lowest BCUT2D eigenvalue weighted by molar-refractivity contribution is -0.152. The van der Waals surface area contributed by atoms with Crippen LogP contribution in [0.5, 0.6) is 0 Å². The molecule has 7 nitrogen and oxygen atoms in total. The van der Waals surface area contributed by atoms with E-state index < -0.39 is 44.9 Å². The van der Waals surface area contributed by atoms with E-state index in [9.17, 15) is 18.9 Å². The second kappa shape index (κ2) is 7.37. The van der Waals surface area contributed by atoms with Crippen molar-refractivity contribution in [1.29, 1.82) is 0 Å². The molecule has 0 spiro atoms. The molecule has 0 aliphatic carbocycles. The Hall–Kier alpha value is -0.190. The molecule has 2 amide bonds. The van der Waals surface area contributed by atoms with Crippen molar-refractivity contribution in [3.8, 4) is 0 Å². The number of halogens is 4. The van der Waals surface area contributed by atoms with Gasteiger partial charge in [-0.1, -0.05) is 50.7 Å². The first-order valence-electron chi connectivity index (χ1n) is 6.13. The molecule has 0 saturated carbocycles. The Morgan fingerprint density at radius 1 is 1.57 bits per heavy atom. The lowest BCUT2D eigenvalue weighted by Crippen LogP contribution is -2.74. The molecule has 12 heteroatoms. The zero-order valence-electron chi connectivity index (χ0n) is 11.3. The van der Waals surface area contributed by atoms with Crippen LogP contribution in [0.3, 0.4) is 0 Å². The second-order valence-electron chi connectivity index (χ2n) is 4.66. The number of esters is 1. The van der Waals surface area contributed by atoms with Crippen molar-refractivity contribution in [3.63, 3.8) is 0 Å². The molecular formula is C11H10BrCl3N2O5S. The van der Waals surface area contributed by atoms with Crippen molar-refractivity contribution in [2.24, 2.45) is 0 Å². The number of fused-ring (bicyclic) bond motifs is 1. The molecule has 0 aromatic heterocycles. The molecule has 2 unspecified atom stereocenters. The number of carbonyl (C=O) groups excluding carboxylic acids is 3. The molecule has 2 heterocycles. The maximum atomic E-state index is 12.3. The highest BCUT2D eigenvalue weighted by atomic mass is 79.9. The summed E-state index contributed by atoms with van der Waals surface area (Å²) in [7, 11) is 0. The molecule has 1 saturated heterocycles. The highest BCUT2D eigenvalue weighted by molar-refractivity contribution is 9.09. The lowest BCUT2D eigenvalue weighted by atomic mass is 10.0. The first-order chi connectivity index (χ1) is 10.7. The Labute approximate surface area is 157 Å². The van der Waals surface area contributed by atoms with Crippen LogP contribution in [0.2, 0.25) is 0 Å². The van der Waals surface area contributed by atoms with Crippen LogP contribution in [-0.2, 0) is 30.3 Å². The average molecular weight is 469 g/mol. The van der Waals surface area contributed by atoms with Gasteiger partial charge in [-0.25, -0.2) is 4.79 Å². The van der Waals surface area contributed by atoms with Crippen LogP contribution < -0.4 is 5.32 Å². The van der Waals surface area contributed by atoms with E-state index in [0.717, 1.165) is 4.90 Å². The molecule has 3 atom stereocenters. The average Bonchev–Trinajstić information content (AvgIpc) is 2.48. The van der Waals surface area contributed by atoms with Gasteiger partial charge in [-0.2, -0.15) is 0 Å². The Bertz CT molecular complexity index is 570. The van der Waals surface area contributed by atoms with Crippen LogP contribution >= 0.6 is 50.7 Å². The number of rotatable bonds is 5. The summed E-state index contributed by atoms with van der Waals surface area (Å²) >= 11 is 18.3. The van der Waals surface area contributed by atoms with E-state index in [2.05, 4.69) is 21.2 Å². The molecule has 1 fully saturated rings. The largest absolute Gasteiger partial charge is 0.614 e. The fourth-order valence-corrected chi connectivity index (χ4v) is 4.84. The van der Waals surface area contributed by atoms with Gasteiger partial charge in [0.25, 0.3) is 5.91 Å². The number of carbonyl (C=O) groups is 3. The monoisotopic (exact) mass is 466 g/mol. The standard InChI is InChI=1S/C11H10BrCl3N2O5S/c12-1-5-2-23(21)9-6(16-4-18)8(19)17(9)7(5)10(20)22-3-11(13,14)15/h4,6,9H,1-3H2,(H,16,18)/t6?,9-,23?/m1/s1. The molecule has 0 radical (unpaired) electrons. The molecule has 2 aliphatic rings. The van der Waals surface area contributed by atoms with Crippen LogP contribution in [0.25, 0.3) is 0 Å². The molecule has 0 bridgehead atoms. The van der Waals surface area contributed by atoms with Gasteiger partial charge in [0.2, 0.25) is 15.6 Å². The predicted molar refractivity (Wildman–Crippen MR) is 88.7 cm³/mol. The minimum absolute atomic E-state index is 0.0327. The van der Waals surface area contributed by atoms with E-state index in [1.165, 1.54) is 0 Å². The molecular weight excluding hydrogens is 458 g/mol. The van der Waals surface area contributed by atoms with Crippen molar-refractivity contribution in [2.75, 3.05) is 17.7 Å². The first kappa shape index (κ1) is 19.1. The van der Waals surface area contributed by atoms with Gasteiger partial charge in [0.1, 0.15) is 18.1 Å². The molecule has 23 heavy (non-hydrogen) atoms. The summed E-state index contributed by atoms with van der Waals surface area (Å²) in [5.41, 5.74) is 0.404. The highest BCUT2D eigenvalue weighted by Crippen LogP contribution is 2.37. The highest BCUT2D eigenvalue weighted by Gasteiger charge is 2.60. The number of hydrogen-bond donors (Lipinski definition) is 1. The SMILES string of the molecule is O=CNC1C(=O)N2C(C(=O)OCC(Cl)(Cl)Cl)=C(CBr)C[S+]([O-])[C@H]12. The van der Waals surface area contributed by atoms with Crippen molar-refractivity contribution in [1.82, 2.24) is 10.2 Å². The normalized spacial score (nSPS) is 27.3. The summed E-state index contributed by atoms with van der Waals surface area (Å²) in [5, 5.41) is 1.70. The summed E-state index contributed by atoms with van der Waals surface area (Å²) in [5.74, 6) is -1.34. The third-order valence-electron chi connectivity index (χ3n) is 3.17. The molecule has 2 rings (SSSR count). The number of β-lactam (4-membered cyclic amide) rings is 1. The van der Waals surface area contributed by atoms with Crippen LogP contribution in [0.4, 0.5) is 0 Å². The van der Waals surface area contributed by atoms with E-state index in [1.54, 1.807) is 0 Å². The molecule has 0 aromatic carbocycles. The van der Waals surface area contributed by atoms with Gasteiger partial charge in [0, 0.05) is 10.9 Å². The Kier molecular flexibility index (Phi) is 6.13. The van der Waals surface area contributed by atoms with Crippen molar-refractivity contribution in [3.05, 3.63) is 11.3 Å². The van der Waals surface area contributed by atoms with Crippen molar-refractivity contribution in [2.45, 2.75) is 15.2 Å². The number of nitrogens with zero attached hydrogens (tertiary/aromatic N) is 1. The first-order valence-corrected chi connectivity index (χ1v) is 9.76. The predicted octanol–water partition coefficient (Wildman–Crippen LogP) is 0.594.